The van der Waals surface area contributed by atoms with Gasteiger partial charge in [0.2, 0.25) is 0 Å². The highest BCUT2D eigenvalue weighted by Crippen LogP contribution is 2.06. The van der Waals surface area contributed by atoms with Crippen molar-refractivity contribution in [3.05, 3.63) is 0 Å². The van der Waals surface area contributed by atoms with E-state index in [0.29, 0.717) is 0 Å². The maximum Gasteiger partial charge on any atom is 0.326 e. The molecule has 0 aliphatic heterocycles. The molecule has 0 rings (SSSR count). The Morgan fingerprint density at radius 3 is 2.12 bits per heavy atom. The minimum absolute atomic E-state index is 0.0117. The lowest BCUT2D eigenvalue weighted by atomic mass is 10.0. The summed E-state index contributed by atoms with van der Waals surface area (Å²) in [7, 11) is 0. The molecule has 0 heterocycles. The number of carboxylic acids is 2. The van der Waals surface area contributed by atoms with Gasteiger partial charge in [0.05, 0.1) is 6.42 Å². The summed E-state index contributed by atoms with van der Waals surface area (Å²) in [6.45, 7) is 3.41. The van der Waals surface area contributed by atoms with Crippen molar-refractivity contribution in [2.45, 2.75) is 51.8 Å². The molecule has 0 aromatic carbocycles. The zero-order valence-corrected chi connectivity index (χ0v) is 13.5. The van der Waals surface area contributed by atoms with Crippen LogP contribution in [0.1, 0.15) is 39.5 Å². The molecule has 0 bridgehead atoms. The van der Waals surface area contributed by atoms with Crippen molar-refractivity contribution in [2.24, 2.45) is 5.92 Å². The molecule has 10 nitrogen and oxygen atoms in total. The van der Waals surface area contributed by atoms with Gasteiger partial charge in [-0.25, -0.2) is 9.59 Å². The van der Waals surface area contributed by atoms with Gasteiger partial charge in [0.25, 0.3) is 6.47 Å². The molecule has 136 valence electrons. The van der Waals surface area contributed by atoms with Crippen molar-refractivity contribution in [3.63, 3.8) is 0 Å². The van der Waals surface area contributed by atoms with Crippen LogP contribution in [0.15, 0.2) is 0 Å². The smallest absolute Gasteiger partial charge is 0.326 e. The number of carbonyl (C=O) groups is 5. The SMILES string of the molecule is CC(C)C(=O)CCC(NC(=O)NC(CCC(=O)O)OC=O)C(=O)O. The normalized spacial score (nSPS) is 12.8. The summed E-state index contributed by atoms with van der Waals surface area (Å²) < 4.78 is 4.52. The number of carboxylic acid groups (broad SMARTS) is 2. The van der Waals surface area contributed by atoms with E-state index in [9.17, 15) is 24.0 Å². The minimum Gasteiger partial charge on any atom is -0.481 e. The van der Waals surface area contributed by atoms with Gasteiger partial charge in [-0.05, 0) is 6.42 Å². The Balaban J connectivity index is 4.57. The zero-order valence-electron chi connectivity index (χ0n) is 13.5. The highest BCUT2D eigenvalue weighted by atomic mass is 16.5. The average Bonchev–Trinajstić information content (AvgIpc) is 2.48. The third-order valence-electron chi connectivity index (χ3n) is 3.06. The Labute approximate surface area is 138 Å². The van der Waals surface area contributed by atoms with Gasteiger partial charge in [-0.1, -0.05) is 13.8 Å². The fourth-order valence-electron chi connectivity index (χ4n) is 1.67. The van der Waals surface area contributed by atoms with Crippen molar-refractivity contribution in [1.29, 1.82) is 0 Å². The standard InChI is InChI=1S/C14H22N2O8/c1-8(2)10(18)4-3-9(13(21)22)15-14(23)16-11(24-7-17)5-6-12(19)20/h7-9,11H,3-6H2,1-2H3,(H,19,20)(H,21,22)(H2,15,16,23). The van der Waals surface area contributed by atoms with E-state index in [0.717, 1.165) is 0 Å². The molecule has 0 fully saturated rings. The Hall–Kier alpha value is -2.65. The second-order valence-corrected chi connectivity index (χ2v) is 5.32. The summed E-state index contributed by atoms with van der Waals surface area (Å²) in [4.78, 5) is 55.2. The van der Waals surface area contributed by atoms with Crippen LogP contribution in [0.2, 0.25) is 0 Å². The van der Waals surface area contributed by atoms with E-state index in [1.807, 2.05) is 0 Å². The van der Waals surface area contributed by atoms with Crippen molar-refractivity contribution in [3.8, 4) is 0 Å². The maximum absolute atomic E-state index is 11.8. The van der Waals surface area contributed by atoms with Crippen LogP contribution < -0.4 is 10.6 Å². The summed E-state index contributed by atoms with van der Waals surface area (Å²) in [5.74, 6) is -2.84. The van der Waals surface area contributed by atoms with Crippen molar-refractivity contribution < 1.29 is 38.9 Å². The van der Waals surface area contributed by atoms with Crippen LogP contribution in [0.3, 0.4) is 0 Å². The number of rotatable bonds is 12. The molecule has 0 saturated heterocycles. The summed E-state index contributed by atoms with van der Waals surface area (Å²) >= 11 is 0. The van der Waals surface area contributed by atoms with E-state index in [1.54, 1.807) is 13.8 Å². The second kappa shape index (κ2) is 11.0. The Morgan fingerprint density at radius 2 is 1.67 bits per heavy atom. The van der Waals surface area contributed by atoms with Crippen molar-refractivity contribution in [2.75, 3.05) is 0 Å². The van der Waals surface area contributed by atoms with Crippen LogP contribution in [-0.4, -0.2) is 52.7 Å². The number of amides is 2. The quantitative estimate of drug-likeness (QED) is 0.286. The first-order chi connectivity index (χ1) is 11.2. The van der Waals surface area contributed by atoms with Crippen LogP contribution >= 0.6 is 0 Å². The van der Waals surface area contributed by atoms with E-state index >= 15 is 0 Å². The molecule has 2 amide bonds. The molecule has 0 spiro atoms. The number of ketones is 1. The van der Waals surface area contributed by atoms with Gasteiger partial charge in [0, 0.05) is 18.8 Å². The minimum atomic E-state index is -1.32. The molecule has 0 aliphatic carbocycles. The number of aliphatic carboxylic acids is 2. The second-order valence-electron chi connectivity index (χ2n) is 5.32. The van der Waals surface area contributed by atoms with Gasteiger partial charge in [0.15, 0.2) is 6.23 Å². The van der Waals surface area contributed by atoms with Crippen LogP contribution in [0.5, 0.6) is 0 Å². The number of Topliss-reactive ketones (excluding diaryl/α,β-unsaturated/α-hetero) is 1. The highest BCUT2D eigenvalue weighted by molar-refractivity contribution is 5.84. The fraction of sp³-hybridized carbons (Fsp3) is 0.643. The highest BCUT2D eigenvalue weighted by Gasteiger charge is 2.23. The maximum atomic E-state index is 11.8. The topological polar surface area (TPSA) is 159 Å². The average molecular weight is 346 g/mol. The van der Waals surface area contributed by atoms with Gasteiger partial charge in [-0.15, -0.1) is 0 Å². The van der Waals surface area contributed by atoms with Gasteiger partial charge >= 0.3 is 18.0 Å². The van der Waals surface area contributed by atoms with Gasteiger partial charge in [-0.3, -0.25) is 14.4 Å². The number of ether oxygens (including phenoxy) is 1. The lowest BCUT2D eigenvalue weighted by molar-refractivity contribution is -0.141. The van der Waals surface area contributed by atoms with Crippen LogP contribution in [0.25, 0.3) is 0 Å². The van der Waals surface area contributed by atoms with Crippen LogP contribution in [0, 0.1) is 5.92 Å². The summed E-state index contributed by atoms with van der Waals surface area (Å²) in [6.07, 6.45) is -1.84. The lowest BCUT2D eigenvalue weighted by Crippen LogP contribution is -2.49. The molecule has 0 radical (unpaired) electrons. The molecular formula is C14H22N2O8. The molecule has 0 aromatic rings. The molecule has 0 saturated carbocycles. The fourth-order valence-corrected chi connectivity index (χ4v) is 1.67. The lowest BCUT2D eigenvalue weighted by Gasteiger charge is -2.19. The largest absolute Gasteiger partial charge is 0.481 e. The first-order valence-corrected chi connectivity index (χ1v) is 7.30. The van der Waals surface area contributed by atoms with Crippen molar-refractivity contribution in [1.82, 2.24) is 10.6 Å². The molecule has 24 heavy (non-hydrogen) atoms. The first kappa shape index (κ1) is 21.4. The van der Waals surface area contributed by atoms with E-state index in [2.05, 4.69) is 15.4 Å². The van der Waals surface area contributed by atoms with Crippen LogP contribution in [-0.2, 0) is 23.9 Å². The van der Waals surface area contributed by atoms with E-state index < -0.39 is 30.2 Å². The number of carbonyl (C=O) groups excluding carboxylic acids is 3. The van der Waals surface area contributed by atoms with E-state index in [1.165, 1.54) is 0 Å². The van der Waals surface area contributed by atoms with E-state index in [4.69, 9.17) is 10.2 Å². The summed E-state index contributed by atoms with van der Waals surface area (Å²) in [5, 5.41) is 21.9. The predicted molar refractivity (Wildman–Crippen MR) is 80.0 cm³/mol. The molecule has 2 unspecified atom stereocenters. The third-order valence-corrected chi connectivity index (χ3v) is 3.06. The van der Waals surface area contributed by atoms with Gasteiger partial charge in [0.1, 0.15) is 11.8 Å². The Bertz CT molecular complexity index is 477. The number of nitrogens with one attached hydrogen (secondary N) is 2. The third kappa shape index (κ3) is 9.38. The Kier molecular flexibility index (Phi) is 9.76. The number of hydrogen-bond acceptors (Lipinski definition) is 6. The molecule has 4 N–H and O–H groups in total. The number of urea groups is 1. The zero-order chi connectivity index (χ0) is 18.7. The molecule has 2 atom stereocenters. The predicted octanol–water partition coefficient (Wildman–Crippen LogP) is 0.108. The van der Waals surface area contributed by atoms with Crippen molar-refractivity contribution >= 4 is 30.2 Å². The molecule has 0 aliphatic rings. The summed E-state index contributed by atoms with van der Waals surface area (Å²) in [5.41, 5.74) is 0. The number of hydrogen-bond donors (Lipinski definition) is 4. The first-order valence-electron chi connectivity index (χ1n) is 7.30. The molecule has 10 heteroatoms. The summed E-state index contributed by atoms with van der Waals surface area (Å²) in [6, 6.07) is -2.25. The van der Waals surface area contributed by atoms with E-state index in [-0.39, 0.29) is 43.9 Å². The molecule has 0 aromatic heterocycles. The van der Waals surface area contributed by atoms with Crippen LogP contribution in [0.4, 0.5) is 4.79 Å². The Morgan fingerprint density at radius 1 is 1.04 bits per heavy atom. The molecular weight excluding hydrogens is 324 g/mol. The monoisotopic (exact) mass is 346 g/mol. The van der Waals surface area contributed by atoms with Gasteiger partial charge < -0.3 is 25.6 Å². The van der Waals surface area contributed by atoms with Gasteiger partial charge in [-0.2, -0.15) is 0 Å².